The van der Waals surface area contributed by atoms with Crippen molar-refractivity contribution in [3.8, 4) is 0 Å². The lowest BCUT2D eigenvalue weighted by molar-refractivity contribution is -0.141. The molecule has 0 amide bonds. The van der Waals surface area contributed by atoms with Crippen molar-refractivity contribution in [1.29, 1.82) is 0 Å². The Bertz CT molecular complexity index is 449. The van der Waals surface area contributed by atoms with E-state index < -0.39 is 18.7 Å². The van der Waals surface area contributed by atoms with Gasteiger partial charge in [0.1, 0.15) is 12.7 Å². The van der Waals surface area contributed by atoms with Crippen molar-refractivity contribution in [3.63, 3.8) is 0 Å². The third kappa shape index (κ3) is 20.5. The van der Waals surface area contributed by atoms with E-state index >= 15 is 0 Å². The molecule has 0 saturated carbocycles. The molecule has 0 aromatic heterocycles. The second kappa shape index (κ2) is 20.7. The highest BCUT2D eigenvalue weighted by Gasteiger charge is 2.03. The third-order valence-corrected chi connectivity index (χ3v) is 4.03. The topological polar surface area (TPSA) is 66.8 Å². The molecular weight excluding hydrogens is 340 g/mol. The van der Waals surface area contributed by atoms with Crippen molar-refractivity contribution in [3.05, 3.63) is 48.6 Å². The number of carbonyl (C=O) groups excluding carboxylic acids is 1. The lowest BCUT2D eigenvalue weighted by Crippen LogP contribution is -2.21. The fourth-order valence-electron chi connectivity index (χ4n) is 2.42. The van der Waals surface area contributed by atoms with Gasteiger partial charge in [0.2, 0.25) is 0 Å². The van der Waals surface area contributed by atoms with E-state index in [9.17, 15) is 4.79 Å². The van der Waals surface area contributed by atoms with E-state index in [0.29, 0.717) is 0 Å². The highest BCUT2D eigenvalue weighted by molar-refractivity contribution is 5.82. The monoisotopic (exact) mass is 378 g/mol. The molecule has 1 unspecified atom stereocenters. The molecule has 0 bridgehead atoms. The lowest BCUT2D eigenvalue weighted by Gasteiger charge is -2.05. The molecule has 27 heavy (non-hydrogen) atoms. The molecule has 0 spiro atoms. The maximum atomic E-state index is 11.3. The van der Waals surface area contributed by atoms with E-state index in [-0.39, 0.29) is 6.61 Å². The highest BCUT2D eigenvalue weighted by Crippen LogP contribution is 2.10. The number of allylic oxidation sites excluding steroid dienone is 7. The number of aliphatic hydroxyl groups excluding tert-OH is 2. The van der Waals surface area contributed by atoms with E-state index in [1.807, 2.05) is 24.3 Å². The van der Waals surface area contributed by atoms with E-state index in [0.717, 1.165) is 6.42 Å². The zero-order valence-corrected chi connectivity index (χ0v) is 16.9. The van der Waals surface area contributed by atoms with Crippen LogP contribution in [0.4, 0.5) is 0 Å². The first-order chi connectivity index (χ1) is 13.2. The highest BCUT2D eigenvalue weighted by atomic mass is 16.5. The van der Waals surface area contributed by atoms with Crippen molar-refractivity contribution < 1.29 is 19.7 Å². The summed E-state index contributed by atoms with van der Waals surface area (Å²) in [5, 5.41) is 17.6. The molecule has 154 valence electrons. The zero-order valence-electron chi connectivity index (χ0n) is 16.9. The molecule has 0 heterocycles. The van der Waals surface area contributed by atoms with Gasteiger partial charge < -0.3 is 14.9 Å². The molecule has 0 aromatic carbocycles. The van der Waals surface area contributed by atoms with Crippen molar-refractivity contribution in [2.75, 3.05) is 13.2 Å². The zero-order chi connectivity index (χ0) is 20.0. The van der Waals surface area contributed by atoms with Gasteiger partial charge in [0.25, 0.3) is 0 Å². The van der Waals surface area contributed by atoms with Crippen LogP contribution in [0.2, 0.25) is 0 Å². The van der Waals surface area contributed by atoms with Gasteiger partial charge in [0.15, 0.2) is 0 Å². The van der Waals surface area contributed by atoms with Crippen LogP contribution in [0.15, 0.2) is 48.6 Å². The summed E-state index contributed by atoms with van der Waals surface area (Å²) in [6.45, 7) is 1.63. The van der Waals surface area contributed by atoms with Gasteiger partial charge in [-0.3, -0.25) is 0 Å². The quantitative estimate of drug-likeness (QED) is 0.161. The molecule has 0 saturated heterocycles. The number of rotatable bonds is 17. The first-order valence-electron chi connectivity index (χ1n) is 10.3. The van der Waals surface area contributed by atoms with Crippen LogP contribution < -0.4 is 0 Å². The molecule has 2 N–H and O–H groups in total. The average Bonchev–Trinajstić information content (AvgIpc) is 2.68. The van der Waals surface area contributed by atoms with Crippen LogP contribution >= 0.6 is 0 Å². The van der Waals surface area contributed by atoms with Gasteiger partial charge in [-0.05, 0) is 12.8 Å². The number of ether oxygens (including phenoxy) is 1. The molecule has 0 fully saturated rings. The number of esters is 1. The molecule has 0 aliphatic carbocycles. The van der Waals surface area contributed by atoms with Crippen LogP contribution in [-0.4, -0.2) is 35.5 Å². The molecule has 1 atom stereocenters. The average molecular weight is 379 g/mol. The molecule has 0 aliphatic heterocycles. The summed E-state index contributed by atoms with van der Waals surface area (Å²) in [7, 11) is 0. The standard InChI is InChI=1S/C23H38O4/c1-2-3-4-5-6-7-8-9-10-11-12-13-14-15-16-17-18-19-23(26)27-21-22(25)20-24/h12-19,22,24-25H,2-11,20-21H2,1H3. The fraction of sp³-hybridized carbons (Fsp3) is 0.609. The summed E-state index contributed by atoms with van der Waals surface area (Å²) in [6, 6.07) is 0. The van der Waals surface area contributed by atoms with E-state index in [1.165, 1.54) is 63.9 Å². The molecule has 0 aliphatic rings. The Labute approximate surface area is 165 Å². The molecule has 4 heteroatoms. The predicted molar refractivity (Wildman–Crippen MR) is 112 cm³/mol. The summed E-state index contributed by atoms with van der Waals surface area (Å²) in [5.41, 5.74) is 0. The number of aliphatic hydroxyl groups is 2. The summed E-state index contributed by atoms with van der Waals surface area (Å²) >= 11 is 0. The minimum atomic E-state index is -1.02. The molecule has 0 aromatic rings. The Morgan fingerprint density at radius 2 is 1.41 bits per heavy atom. The second-order valence-corrected chi connectivity index (χ2v) is 6.64. The first kappa shape index (κ1) is 25.4. The van der Waals surface area contributed by atoms with Crippen molar-refractivity contribution in [1.82, 2.24) is 0 Å². The van der Waals surface area contributed by atoms with Crippen LogP contribution in [0, 0.1) is 0 Å². The van der Waals surface area contributed by atoms with Crippen LogP contribution in [0.1, 0.15) is 71.1 Å². The van der Waals surface area contributed by atoms with Crippen LogP contribution in [-0.2, 0) is 9.53 Å². The van der Waals surface area contributed by atoms with E-state index in [2.05, 4.69) is 13.0 Å². The largest absolute Gasteiger partial charge is 0.460 e. The minimum absolute atomic E-state index is 0.201. The summed E-state index contributed by atoms with van der Waals surface area (Å²) in [5.74, 6) is -0.544. The number of hydrogen-bond acceptors (Lipinski definition) is 4. The summed E-state index contributed by atoms with van der Waals surface area (Å²) in [6.07, 6.45) is 26.8. The second-order valence-electron chi connectivity index (χ2n) is 6.64. The van der Waals surface area contributed by atoms with Gasteiger partial charge in [-0.1, -0.05) is 101 Å². The van der Waals surface area contributed by atoms with Crippen LogP contribution in [0.25, 0.3) is 0 Å². The molecule has 4 nitrogen and oxygen atoms in total. The maximum Gasteiger partial charge on any atom is 0.330 e. The van der Waals surface area contributed by atoms with Crippen LogP contribution in [0.5, 0.6) is 0 Å². The van der Waals surface area contributed by atoms with Gasteiger partial charge >= 0.3 is 5.97 Å². The lowest BCUT2D eigenvalue weighted by atomic mass is 10.1. The van der Waals surface area contributed by atoms with Crippen molar-refractivity contribution in [2.45, 2.75) is 77.2 Å². The van der Waals surface area contributed by atoms with Crippen molar-refractivity contribution in [2.24, 2.45) is 0 Å². The van der Waals surface area contributed by atoms with Gasteiger partial charge in [-0.2, -0.15) is 0 Å². The Morgan fingerprint density at radius 1 is 0.852 bits per heavy atom. The van der Waals surface area contributed by atoms with Gasteiger partial charge in [-0.15, -0.1) is 0 Å². The van der Waals surface area contributed by atoms with Gasteiger partial charge in [-0.25, -0.2) is 4.79 Å². The Hall–Kier alpha value is -1.65. The molecule has 0 rings (SSSR count). The number of unbranched alkanes of at least 4 members (excludes halogenated alkanes) is 9. The van der Waals surface area contributed by atoms with E-state index in [1.54, 1.807) is 12.2 Å². The van der Waals surface area contributed by atoms with Gasteiger partial charge in [0, 0.05) is 6.08 Å². The van der Waals surface area contributed by atoms with Crippen LogP contribution in [0.3, 0.4) is 0 Å². The molecule has 0 radical (unpaired) electrons. The van der Waals surface area contributed by atoms with Gasteiger partial charge in [0.05, 0.1) is 6.61 Å². The molecular formula is C23H38O4. The summed E-state index contributed by atoms with van der Waals surface area (Å²) in [4.78, 5) is 11.3. The Kier molecular flexibility index (Phi) is 19.4. The maximum absolute atomic E-state index is 11.3. The van der Waals surface area contributed by atoms with E-state index in [4.69, 9.17) is 14.9 Å². The number of carbonyl (C=O) groups is 1. The predicted octanol–water partition coefficient (Wildman–Crippen LogP) is 5.03. The normalized spacial score (nSPS) is 13.4. The fourth-order valence-corrected chi connectivity index (χ4v) is 2.42. The third-order valence-electron chi connectivity index (χ3n) is 4.03. The van der Waals surface area contributed by atoms with Crippen molar-refractivity contribution >= 4 is 5.97 Å². The smallest absolute Gasteiger partial charge is 0.330 e. The first-order valence-corrected chi connectivity index (χ1v) is 10.3. The SMILES string of the molecule is CCCCCCCCCCCC=CC=CC=CC=CC(=O)OCC(O)CO. The number of hydrogen-bond donors (Lipinski definition) is 2. The Balaban J connectivity index is 3.55. The summed E-state index contributed by atoms with van der Waals surface area (Å²) < 4.78 is 4.72. The minimum Gasteiger partial charge on any atom is -0.460 e. The Morgan fingerprint density at radius 3 is 2.04 bits per heavy atom.